The number of hydrogen-bond donors (Lipinski definition) is 1. The van der Waals surface area contributed by atoms with E-state index in [0.717, 1.165) is 12.1 Å². The predicted molar refractivity (Wildman–Crippen MR) is 69.8 cm³/mol. The summed E-state index contributed by atoms with van der Waals surface area (Å²) in [7, 11) is 0. The fraction of sp³-hybridized carbons (Fsp3) is 0.200. The van der Waals surface area contributed by atoms with E-state index in [1.54, 1.807) is 18.2 Å². The zero-order valence-corrected chi connectivity index (χ0v) is 10.9. The second kappa shape index (κ2) is 5.29. The molecule has 0 radical (unpaired) electrons. The molecule has 0 saturated carbocycles. The van der Waals surface area contributed by atoms with Crippen molar-refractivity contribution in [3.8, 4) is 11.5 Å². The number of hydrogen-bond acceptors (Lipinski definition) is 3. The van der Waals surface area contributed by atoms with Crippen molar-refractivity contribution in [2.45, 2.75) is 6.04 Å². The third kappa shape index (κ3) is 2.54. The molecule has 0 aromatic heterocycles. The molecule has 3 rings (SSSR count). The molecule has 2 N–H and O–H groups in total. The third-order valence-corrected chi connectivity index (χ3v) is 3.29. The SMILES string of the molecule is NC(c1cc(F)c(F)c(F)c1)c1ccc2c(c1)OCCO2. The summed E-state index contributed by atoms with van der Waals surface area (Å²) in [5.41, 5.74) is 6.71. The minimum atomic E-state index is -1.51. The van der Waals surface area contributed by atoms with Crippen LogP contribution in [0.5, 0.6) is 11.5 Å². The van der Waals surface area contributed by atoms with Gasteiger partial charge < -0.3 is 15.2 Å². The van der Waals surface area contributed by atoms with E-state index >= 15 is 0 Å². The fourth-order valence-corrected chi connectivity index (χ4v) is 2.20. The van der Waals surface area contributed by atoms with Gasteiger partial charge in [0.05, 0.1) is 6.04 Å². The zero-order chi connectivity index (χ0) is 15.0. The van der Waals surface area contributed by atoms with Crippen LogP contribution in [0.1, 0.15) is 17.2 Å². The molecule has 1 atom stereocenters. The maximum absolute atomic E-state index is 13.3. The summed E-state index contributed by atoms with van der Waals surface area (Å²) in [6, 6.07) is 5.99. The van der Waals surface area contributed by atoms with Gasteiger partial charge in [0.25, 0.3) is 0 Å². The largest absolute Gasteiger partial charge is 0.486 e. The van der Waals surface area contributed by atoms with E-state index in [-0.39, 0.29) is 5.56 Å². The molecule has 0 aliphatic carbocycles. The zero-order valence-electron chi connectivity index (χ0n) is 10.9. The highest BCUT2D eigenvalue weighted by Crippen LogP contribution is 2.34. The summed E-state index contributed by atoms with van der Waals surface area (Å²) < 4.78 is 50.3. The van der Waals surface area contributed by atoms with Crippen molar-refractivity contribution in [3.63, 3.8) is 0 Å². The second-order valence-corrected chi connectivity index (χ2v) is 4.68. The van der Waals surface area contributed by atoms with Crippen LogP contribution in [0.25, 0.3) is 0 Å². The summed E-state index contributed by atoms with van der Waals surface area (Å²) in [6.45, 7) is 0.887. The van der Waals surface area contributed by atoms with Gasteiger partial charge >= 0.3 is 0 Å². The van der Waals surface area contributed by atoms with Crippen LogP contribution in [0.3, 0.4) is 0 Å². The molecule has 0 saturated heterocycles. The molecule has 1 unspecified atom stereocenters. The summed E-state index contributed by atoms with van der Waals surface area (Å²) in [5, 5.41) is 0. The second-order valence-electron chi connectivity index (χ2n) is 4.68. The third-order valence-electron chi connectivity index (χ3n) is 3.29. The molecule has 2 aromatic rings. The van der Waals surface area contributed by atoms with E-state index in [2.05, 4.69) is 0 Å². The van der Waals surface area contributed by atoms with Crippen molar-refractivity contribution in [2.75, 3.05) is 13.2 Å². The molecular formula is C15H12F3NO2. The number of halogens is 3. The molecule has 0 amide bonds. The Bertz CT molecular complexity index is 668. The first-order chi connectivity index (χ1) is 10.1. The van der Waals surface area contributed by atoms with Gasteiger partial charge in [0.15, 0.2) is 29.0 Å². The maximum atomic E-state index is 13.3. The smallest absolute Gasteiger partial charge is 0.194 e. The van der Waals surface area contributed by atoms with Crippen LogP contribution in [0.15, 0.2) is 30.3 Å². The lowest BCUT2D eigenvalue weighted by Gasteiger charge is -2.20. The van der Waals surface area contributed by atoms with Gasteiger partial charge in [-0.15, -0.1) is 0 Å². The highest BCUT2D eigenvalue weighted by atomic mass is 19.2. The molecule has 1 aliphatic rings. The average molecular weight is 295 g/mol. The van der Waals surface area contributed by atoms with E-state index in [9.17, 15) is 13.2 Å². The van der Waals surface area contributed by atoms with Crippen LogP contribution in [0.4, 0.5) is 13.2 Å². The highest BCUT2D eigenvalue weighted by molar-refractivity contribution is 5.46. The van der Waals surface area contributed by atoms with Gasteiger partial charge in [0, 0.05) is 0 Å². The van der Waals surface area contributed by atoms with E-state index < -0.39 is 23.5 Å². The van der Waals surface area contributed by atoms with Gasteiger partial charge in [-0.3, -0.25) is 0 Å². The highest BCUT2D eigenvalue weighted by Gasteiger charge is 2.19. The van der Waals surface area contributed by atoms with Gasteiger partial charge in [-0.25, -0.2) is 13.2 Å². The maximum Gasteiger partial charge on any atom is 0.194 e. The number of benzene rings is 2. The summed E-state index contributed by atoms with van der Waals surface area (Å²) >= 11 is 0. The summed E-state index contributed by atoms with van der Waals surface area (Å²) in [4.78, 5) is 0. The van der Waals surface area contributed by atoms with E-state index in [1.165, 1.54) is 0 Å². The van der Waals surface area contributed by atoms with Crippen LogP contribution >= 0.6 is 0 Å². The number of nitrogens with two attached hydrogens (primary N) is 1. The van der Waals surface area contributed by atoms with Crippen LogP contribution in [-0.4, -0.2) is 13.2 Å². The Morgan fingerprint density at radius 2 is 1.48 bits per heavy atom. The van der Waals surface area contributed by atoms with Gasteiger partial charge in [-0.1, -0.05) is 6.07 Å². The van der Waals surface area contributed by atoms with E-state index in [4.69, 9.17) is 15.2 Å². The average Bonchev–Trinajstić information content (AvgIpc) is 2.51. The van der Waals surface area contributed by atoms with E-state index in [1.807, 2.05) is 0 Å². The Kier molecular flexibility index (Phi) is 3.47. The standard InChI is InChI=1S/C15H12F3NO2/c16-10-5-9(6-11(17)14(10)18)15(19)8-1-2-12-13(7-8)21-4-3-20-12/h1-2,5-7,15H,3-4,19H2. The lowest BCUT2D eigenvalue weighted by atomic mass is 9.98. The quantitative estimate of drug-likeness (QED) is 0.866. The summed E-state index contributed by atoms with van der Waals surface area (Å²) in [6.07, 6.45) is 0. The molecule has 0 spiro atoms. The molecule has 6 heteroatoms. The van der Waals surface area contributed by atoms with Crippen LogP contribution in [0, 0.1) is 17.5 Å². The number of ether oxygens (including phenoxy) is 2. The number of fused-ring (bicyclic) bond motifs is 1. The van der Waals surface area contributed by atoms with Gasteiger partial charge in [-0.05, 0) is 35.4 Å². The molecule has 1 aliphatic heterocycles. The summed E-state index contributed by atoms with van der Waals surface area (Å²) in [5.74, 6) is -2.92. The Morgan fingerprint density at radius 3 is 2.14 bits per heavy atom. The van der Waals surface area contributed by atoms with Crippen molar-refractivity contribution in [1.82, 2.24) is 0 Å². The van der Waals surface area contributed by atoms with Crippen molar-refractivity contribution >= 4 is 0 Å². The van der Waals surface area contributed by atoms with Gasteiger partial charge in [-0.2, -0.15) is 0 Å². The molecular weight excluding hydrogens is 283 g/mol. The van der Waals surface area contributed by atoms with Gasteiger partial charge in [0.2, 0.25) is 0 Å². The van der Waals surface area contributed by atoms with Gasteiger partial charge in [0.1, 0.15) is 13.2 Å². The molecule has 2 aromatic carbocycles. The molecule has 0 bridgehead atoms. The monoisotopic (exact) mass is 295 g/mol. The normalized spacial score (nSPS) is 14.9. The molecule has 1 heterocycles. The first-order valence-corrected chi connectivity index (χ1v) is 6.36. The number of rotatable bonds is 2. The van der Waals surface area contributed by atoms with Crippen molar-refractivity contribution < 1.29 is 22.6 Å². The van der Waals surface area contributed by atoms with Crippen molar-refractivity contribution in [1.29, 1.82) is 0 Å². The minimum absolute atomic E-state index is 0.142. The van der Waals surface area contributed by atoms with Crippen molar-refractivity contribution in [2.24, 2.45) is 5.73 Å². The Labute approximate surface area is 119 Å². The molecule has 0 fully saturated rings. The van der Waals surface area contributed by atoms with E-state index in [0.29, 0.717) is 30.3 Å². The van der Waals surface area contributed by atoms with Crippen LogP contribution < -0.4 is 15.2 Å². The van der Waals surface area contributed by atoms with Crippen molar-refractivity contribution in [3.05, 3.63) is 58.9 Å². The molecule has 21 heavy (non-hydrogen) atoms. The Hall–Kier alpha value is -2.21. The lowest BCUT2D eigenvalue weighted by molar-refractivity contribution is 0.171. The molecule has 3 nitrogen and oxygen atoms in total. The minimum Gasteiger partial charge on any atom is -0.486 e. The predicted octanol–water partition coefficient (Wildman–Crippen LogP) is 2.92. The van der Waals surface area contributed by atoms with Crippen LogP contribution in [0.2, 0.25) is 0 Å². The lowest BCUT2D eigenvalue weighted by Crippen LogP contribution is -2.17. The Morgan fingerprint density at radius 1 is 0.857 bits per heavy atom. The Balaban J connectivity index is 1.96. The van der Waals surface area contributed by atoms with Crippen LogP contribution in [-0.2, 0) is 0 Å². The topological polar surface area (TPSA) is 44.5 Å². The molecule has 110 valence electrons. The first-order valence-electron chi connectivity index (χ1n) is 6.36. The fourth-order valence-electron chi connectivity index (χ4n) is 2.20. The first kappa shape index (κ1) is 13.8.